The summed E-state index contributed by atoms with van der Waals surface area (Å²) in [5.74, 6) is -1.10. The van der Waals surface area contributed by atoms with Crippen LogP contribution in [0.3, 0.4) is 0 Å². The van der Waals surface area contributed by atoms with Crippen molar-refractivity contribution in [2.24, 2.45) is 0 Å². The van der Waals surface area contributed by atoms with Gasteiger partial charge in [-0.3, -0.25) is 19.5 Å². The Hall–Kier alpha value is -2.88. The molecular weight excluding hydrogens is 467 g/mol. The van der Waals surface area contributed by atoms with Crippen molar-refractivity contribution in [2.45, 2.75) is 18.9 Å². The van der Waals surface area contributed by atoms with Gasteiger partial charge < -0.3 is 20.4 Å². The molecule has 1 saturated heterocycles. The molecule has 2 aromatic rings. The average molecular weight is 493 g/mol. The Balaban J connectivity index is 1.62. The molecule has 1 aliphatic heterocycles. The second kappa shape index (κ2) is 11.3. The molecule has 33 heavy (non-hydrogen) atoms. The molecule has 0 bridgehead atoms. The number of rotatable bonds is 7. The van der Waals surface area contributed by atoms with Gasteiger partial charge in [0.25, 0.3) is 11.8 Å². The number of hydrogen-bond acceptors (Lipinski definition) is 5. The lowest BCUT2D eigenvalue weighted by atomic mass is 10.1. The van der Waals surface area contributed by atoms with Gasteiger partial charge in [0.1, 0.15) is 0 Å². The molecule has 3 rings (SSSR count). The quantitative estimate of drug-likeness (QED) is 0.514. The molecule has 1 aromatic heterocycles. The minimum atomic E-state index is -0.556. The number of nitrogens with zero attached hydrogens (tertiary/aromatic N) is 3. The molecule has 1 aromatic carbocycles. The van der Waals surface area contributed by atoms with E-state index in [0.29, 0.717) is 19.6 Å². The SMILES string of the molecule is CN(C)CC=CC(=O)N1CCCC(NC(=O)c2n[nH]cc2NC(=O)c2c(Cl)cccc2Cl)C1. The summed E-state index contributed by atoms with van der Waals surface area (Å²) in [6.07, 6.45) is 6.29. The largest absolute Gasteiger partial charge is 0.346 e. The first-order chi connectivity index (χ1) is 15.8. The maximum Gasteiger partial charge on any atom is 0.274 e. The number of carbonyl (C=O) groups is 3. The molecule has 3 amide bonds. The van der Waals surface area contributed by atoms with Crippen LogP contribution in [0.15, 0.2) is 36.5 Å². The Labute approximate surface area is 202 Å². The van der Waals surface area contributed by atoms with Gasteiger partial charge in [-0.25, -0.2) is 0 Å². The van der Waals surface area contributed by atoms with Crippen LogP contribution in [0.2, 0.25) is 10.0 Å². The summed E-state index contributed by atoms with van der Waals surface area (Å²) in [6.45, 7) is 1.71. The predicted molar refractivity (Wildman–Crippen MR) is 128 cm³/mol. The standard InChI is InChI=1S/C22H26Cl2N6O3/c1-29(2)10-5-9-18(31)30-11-4-6-14(13-30)26-22(33)20-17(12-25-28-20)27-21(32)19-15(23)7-3-8-16(19)24/h3,5,7-9,12,14H,4,6,10-11,13H2,1-2H3,(H,25,28)(H,26,33)(H,27,32). The van der Waals surface area contributed by atoms with Crippen molar-refractivity contribution < 1.29 is 14.4 Å². The predicted octanol–water partition coefficient (Wildman–Crippen LogP) is 2.81. The number of halogens is 2. The zero-order valence-corrected chi connectivity index (χ0v) is 19.9. The molecule has 0 spiro atoms. The molecule has 1 atom stereocenters. The number of aromatic amines is 1. The second-order valence-corrected chi connectivity index (χ2v) is 8.77. The van der Waals surface area contributed by atoms with Crippen LogP contribution in [0.1, 0.15) is 33.7 Å². The van der Waals surface area contributed by atoms with Crippen LogP contribution in [-0.4, -0.2) is 77.5 Å². The van der Waals surface area contributed by atoms with Gasteiger partial charge in [0, 0.05) is 37.9 Å². The van der Waals surface area contributed by atoms with Gasteiger partial charge in [-0.1, -0.05) is 35.3 Å². The van der Waals surface area contributed by atoms with Crippen molar-refractivity contribution in [3.63, 3.8) is 0 Å². The van der Waals surface area contributed by atoms with Gasteiger partial charge in [-0.15, -0.1) is 0 Å². The van der Waals surface area contributed by atoms with E-state index in [1.807, 2.05) is 25.1 Å². The van der Waals surface area contributed by atoms with Crippen LogP contribution in [0, 0.1) is 0 Å². The number of anilines is 1. The number of nitrogens with one attached hydrogen (secondary N) is 3. The first-order valence-electron chi connectivity index (χ1n) is 10.5. The number of hydrogen-bond donors (Lipinski definition) is 3. The van der Waals surface area contributed by atoms with Crippen molar-refractivity contribution in [2.75, 3.05) is 39.0 Å². The van der Waals surface area contributed by atoms with Gasteiger partial charge >= 0.3 is 0 Å². The number of likely N-dealkylation sites (N-methyl/N-ethyl adjacent to an activating group) is 1. The Kier molecular flexibility index (Phi) is 8.49. The normalized spacial score (nSPS) is 16.3. The van der Waals surface area contributed by atoms with Crippen molar-refractivity contribution in [1.29, 1.82) is 0 Å². The summed E-state index contributed by atoms with van der Waals surface area (Å²) in [7, 11) is 3.85. The molecule has 1 aliphatic rings. The highest BCUT2D eigenvalue weighted by Gasteiger charge is 2.26. The van der Waals surface area contributed by atoms with Gasteiger partial charge in [0.15, 0.2) is 5.69 Å². The number of piperidine rings is 1. The van der Waals surface area contributed by atoms with E-state index in [1.54, 1.807) is 29.2 Å². The molecule has 2 heterocycles. The molecule has 0 aliphatic carbocycles. The summed E-state index contributed by atoms with van der Waals surface area (Å²) in [5, 5.41) is 12.5. The Morgan fingerprint density at radius 3 is 2.67 bits per heavy atom. The third kappa shape index (κ3) is 6.56. The van der Waals surface area contributed by atoms with Crippen molar-refractivity contribution in [3.05, 3.63) is 57.9 Å². The first kappa shape index (κ1) is 24.8. The fourth-order valence-electron chi connectivity index (χ4n) is 3.48. The number of carbonyl (C=O) groups excluding carboxylic acids is 3. The van der Waals surface area contributed by atoms with Gasteiger partial charge in [0.2, 0.25) is 5.91 Å². The summed E-state index contributed by atoms with van der Waals surface area (Å²) >= 11 is 12.2. The minimum Gasteiger partial charge on any atom is -0.346 e. The topological polar surface area (TPSA) is 110 Å². The molecular formula is C22H26Cl2N6O3. The van der Waals surface area contributed by atoms with E-state index in [2.05, 4.69) is 20.8 Å². The molecule has 11 heteroatoms. The van der Waals surface area contributed by atoms with Crippen molar-refractivity contribution in [1.82, 2.24) is 25.3 Å². The van der Waals surface area contributed by atoms with Gasteiger partial charge in [-0.05, 0) is 39.1 Å². The van der Waals surface area contributed by atoms with Crippen molar-refractivity contribution in [3.8, 4) is 0 Å². The van der Waals surface area contributed by atoms with E-state index in [-0.39, 0.29) is 38.9 Å². The van der Waals surface area contributed by atoms with Crippen LogP contribution in [0.5, 0.6) is 0 Å². The fraction of sp³-hybridized carbons (Fsp3) is 0.364. The number of amides is 3. The fourth-order valence-corrected chi connectivity index (χ4v) is 4.05. The lowest BCUT2D eigenvalue weighted by Gasteiger charge is -2.32. The monoisotopic (exact) mass is 492 g/mol. The van der Waals surface area contributed by atoms with Crippen LogP contribution in [-0.2, 0) is 4.79 Å². The molecule has 9 nitrogen and oxygen atoms in total. The summed E-state index contributed by atoms with van der Waals surface area (Å²) in [5.41, 5.74) is 0.335. The van der Waals surface area contributed by atoms with Gasteiger partial charge in [0.05, 0.1) is 21.3 Å². The zero-order valence-electron chi connectivity index (χ0n) is 18.4. The highest BCUT2D eigenvalue weighted by atomic mass is 35.5. The van der Waals surface area contributed by atoms with Crippen LogP contribution >= 0.6 is 23.2 Å². The summed E-state index contributed by atoms with van der Waals surface area (Å²) in [6, 6.07) is 4.51. The smallest absolute Gasteiger partial charge is 0.274 e. The van der Waals surface area contributed by atoms with E-state index in [9.17, 15) is 14.4 Å². The molecule has 1 unspecified atom stereocenters. The zero-order chi connectivity index (χ0) is 24.0. The molecule has 1 fully saturated rings. The van der Waals surface area contributed by atoms with E-state index >= 15 is 0 Å². The van der Waals surface area contributed by atoms with Crippen LogP contribution in [0.4, 0.5) is 5.69 Å². The molecule has 3 N–H and O–H groups in total. The Bertz CT molecular complexity index is 1030. The number of H-pyrrole nitrogens is 1. The average Bonchev–Trinajstić information content (AvgIpc) is 3.21. The van der Waals surface area contributed by atoms with E-state index < -0.39 is 11.8 Å². The highest BCUT2D eigenvalue weighted by molar-refractivity contribution is 6.40. The lowest BCUT2D eigenvalue weighted by Crippen LogP contribution is -2.49. The summed E-state index contributed by atoms with van der Waals surface area (Å²) < 4.78 is 0. The third-order valence-electron chi connectivity index (χ3n) is 5.09. The van der Waals surface area contributed by atoms with E-state index in [4.69, 9.17) is 23.2 Å². The third-order valence-corrected chi connectivity index (χ3v) is 5.72. The van der Waals surface area contributed by atoms with E-state index in [1.165, 1.54) is 6.20 Å². The molecule has 0 saturated carbocycles. The van der Waals surface area contributed by atoms with Crippen LogP contribution in [0.25, 0.3) is 0 Å². The van der Waals surface area contributed by atoms with E-state index in [0.717, 1.165) is 12.8 Å². The minimum absolute atomic E-state index is 0.0286. The van der Waals surface area contributed by atoms with Crippen LogP contribution < -0.4 is 10.6 Å². The Morgan fingerprint density at radius 1 is 1.24 bits per heavy atom. The second-order valence-electron chi connectivity index (χ2n) is 7.96. The maximum atomic E-state index is 12.9. The van der Waals surface area contributed by atoms with Crippen molar-refractivity contribution >= 4 is 46.6 Å². The molecule has 0 radical (unpaired) electrons. The maximum absolute atomic E-state index is 12.9. The number of likely N-dealkylation sites (tertiary alicyclic amines) is 1. The number of aromatic nitrogens is 2. The first-order valence-corrected chi connectivity index (χ1v) is 11.2. The highest BCUT2D eigenvalue weighted by Crippen LogP contribution is 2.25. The number of benzene rings is 1. The lowest BCUT2D eigenvalue weighted by molar-refractivity contribution is -0.127. The Morgan fingerprint density at radius 2 is 1.97 bits per heavy atom. The van der Waals surface area contributed by atoms with Gasteiger partial charge in [-0.2, -0.15) is 5.10 Å². The molecule has 176 valence electrons. The summed E-state index contributed by atoms with van der Waals surface area (Å²) in [4.78, 5) is 41.6.